The summed E-state index contributed by atoms with van der Waals surface area (Å²) in [5.41, 5.74) is -0.276. The fourth-order valence-electron chi connectivity index (χ4n) is 2.27. The van der Waals surface area contributed by atoms with E-state index in [0.717, 1.165) is 12.8 Å². The molecule has 1 saturated heterocycles. The Kier molecular flexibility index (Phi) is 5.38. The molecule has 1 aliphatic heterocycles. The minimum Gasteiger partial charge on any atom is -0.351 e. The standard InChI is InChI=1S/C13H26N2O3S/c1-5-9-19(17,18)15-8-6-7-11(10-15)12(16)14-13(2,3)4/h11H,5-10H2,1-4H3,(H,14,16). The van der Waals surface area contributed by atoms with Gasteiger partial charge in [-0.2, -0.15) is 0 Å². The minimum atomic E-state index is -3.19. The number of piperidine rings is 1. The van der Waals surface area contributed by atoms with E-state index in [0.29, 0.717) is 19.5 Å². The zero-order valence-corrected chi connectivity index (χ0v) is 13.2. The monoisotopic (exact) mass is 290 g/mol. The molecule has 1 rings (SSSR count). The fraction of sp³-hybridized carbons (Fsp3) is 0.923. The molecule has 1 unspecified atom stereocenters. The normalized spacial score (nSPS) is 22.2. The number of amides is 1. The Morgan fingerprint density at radius 3 is 2.53 bits per heavy atom. The van der Waals surface area contributed by atoms with Crippen LogP contribution in [-0.2, 0) is 14.8 Å². The first-order chi connectivity index (χ1) is 8.65. The van der Waals surface area contributed by atoms with E-state index in [4.69, 9.17) is 0 Å². The van der Waals surface area contributed by atoms with Gasteiger partial charge in [0.1, 0.15) is 0 Å². The SMILES string of the molecule is CCCS(=O)(=O)N1CCCC(C(=O)NC(C)(C)C)C1. The fourth-order valence-corrected chi connectivity index (χ4v) is 3.86. The van der Waals surface area contributed by atoms with Gasteiger partial charge in [-0.1, -0.05) is 6.92 Å². The molecule has 19 heavy (non-hydrogen) atoms. The van der Waals surface area contributed by atoms with Crippen LogP contribution in [0.2, 0.25) is 0 Å². The van der Waals surface area contributed by atoms with Gasteiger partial charge in [0.15, 0.2) is 0 Å². The van der Waals surface area contributed by atoms with Crippen LogP contribution in [0, 0.1) is 5.92 Å². The van der Waals surface area contributed by atoms with Crippen molar-refractivity contribution in [2.24, 2.45) is 5.92 Å². The Bertz CT molecular complexity index is 412. The highest BCUT2D eigenvalue weighted by atomic mass is 32.2. The molecular formula is C13H26N2O3S. The van der Waals surface area contributed by atoms with E-state index >= 15 is 0 Å². The van der Waals surface area contributed by atoms with Crippen molar-refractivity contribution in [3.63, 3.8) is 0 Å². The van der Waals surface area contributed by atoms with Gasteiger partial charge in [-0.25, -0.2) is 12.7 Å². The number of nitrogens with zero attached hydrogens (tertiary/aromatic N) is 1. The molecule has 1 heterocycles. The predicted octanol–water partition coefficient (Wildman–Crippen LogP) is 1.35. The number of sulfonamides is 1. The first-order valence-corrected chi connectivity index (χ1v) is 8.56. The molecule has 1 fully saturated rings. The third-order valence-corrected chi connectivity index (χ3v) is 5.15. The zero-order chi connectivity index (χ0) is 14.7. The van der Waals surface area contributed by atoms with Gasteiger partial charge in [0.2, 0.25) is 15.9 Å². The second-order valence-corrected chi connectivity index (χ2v) is 8.34. The minimum absolute atomic E-state index is 0.0381. The summed E-state index contributed by atoms with van der Waals surface area (Å²) in [6, 6.07) is 0. The molecule has 6 heteroatoms. The molecule has 5 nitrogen and oxygen atoms in total. The van der Waals surface area contributed by atoms with E-state index in [1.165, 1.54) is 4.31 Å². The van der Waals surface area contributed by atoms with E-state index in [9.17, 15) is 13.2 Å². The van der Waals surface area contributed by atoms with Crippen molar-refractivity contribution in [2.75, 3.05) is 18.8 Å². The average molecular weight is 290 g/mol. The summed E-state index contributed by atoms with van der Waals surface area (Å²) in [7, 11) is -3.19. The summed E-state index contributed by atoms with van der Waals surface area (Å²) in [6.45, 7) is 8.51. The Hall–Kier alpha value is -0.620. The highest BCUT2D eigenvalue weighted by Crippen LogP contribution is 2.20. The van der Waals surface area contributed by atoms with Crippen molar-refractivity contribution in [1.29, 1.82) is 0 Å². The van der Waals surface area contributed by atoms with Crippen LogP contribution in [0.1, 0.15) is 47.0 Å². The second-order valence-electron chi connectivity index (χ2n) is 6.25. The maximum absolute atomic E-state index is 12.1. The molecule has 0 aromatic rings. The third-order valence-electron chi connectivity index (χ3n) is 3.11. The first kappa shape index (κ1) is 16.4. The summed E-state index contributed by atoms with van der Waals surface area (Å²) in [4.78, 5) is 12.1. The van der Waals surface area contributed by atoms with Crippen molar-refractivity contribution in [3.8, 4) is 0 Å². The van der Waals surface area contributed by atoms with Gasteiger partial charge >= 0.3 is 0 Å². The number of nitrogens with one attached hydrogen (secondary N) is 1. The molecule has 0 bridgehead atoms. The topological polar surface area (TPSA) is 66.5 Å². The van der Waals surface area contributed by atoms with Gasteiger partial charge in [-0.05, 0) is 40.0 Å². The van der Waals surface area contributed by atoms with Gasteiger partial charge in [0.05, 0.1) is 11.7 Å². The van der Waals surface area contributed by atoms with Crippen LogP contribution in [0.4, 0.5) is 0 Å². The summed E-state index contributed by atoms with van der Waals surface area (Å²) in [5.74, 6) is -0.0934. The number of hydrogen-bond acceptors (Lipinski definition) is 3. The van der Waals surface area contributed by atoms with Gasteiger partial charge in [-0.15, -0.1) is 0 Å². The molecule has 0 aliphatic carbocycles. The van der Waals surface area contributed by atoms with Crippen molar-refractivity contribution < 1.29 is 13.2 Å². The summed E-state index contributed by atoms with van der Waals surface area (Å²) < 4.78 is 25.5. The van der Waals surface area contributed by atoms with Crippen LogP contribution in [0.3, 0.4) is 0 Å². The van der Waals surface area contributed by atoms with Gasteiger partial charge < -0.3 is 5.32 Å². The average Bonchev–Trinajstić information content (AvgIpc) is 2.27. The Labute approximate surface area is 116 Å². The molecule has 0 spiro atoms. The number of rotatable bonds is 4. The van der Waals surface area contributed by atoms with Crippen LogP contribution in [0.5, 0.6) is 0 Å². The molecular weight excluding hydrogens is 264 g/mol. The van der Waals surface area contributed by atoms with Crippen LogP contribution in [0.25, 0.3) is 0 Å². The first-order valence-electron chi connectivity index (χ1n) is 6.95. The molecule has 1 atom stereocenters. The van der Waals surface area contributed by atoms with E-state index in [2.05, 4.69) is 5.32 Å². The summed E-state index contributed by atoms with van der Waals surface area (Å²) in [5, 5.41) is 2.93. The molecule has 1 N–H and O–H groups in total. The Morgan fingerprint density at radius 1 is 1.37 bits per heavy atom. The molecule has 1 amide bonds. The number of carbonyl (C=O) groups is 1. The van der Waals surface area contributed by atoms with E-state index < -0.39 is 10.0 Å². The van der Waals surface area contributed by atoms with E-state index in [1.807, 2.05) is 27.7 Å². The number of carbonyl (C=O) groups excluding carboxylic acids is 1. The molecule has 1 aliphatic rings. The second kappa shape index (κ2) is 6.22. The molecule has 0 aromatic heterocycles. The van der Waals surface area contributed by atoms with Crippen molar-refractivity contribution in [2.45, 2.75) is 52.5 Å². The lowest BCUT2D eigenvalue weighted by Gasteiger charge is -2.33. The predicted molar refractivity (Wildman–Crippen MR) is 76.3 cm³/mol. The van der Waals surface area contributed by atoms with Gasteiger partial charge in [0.25, 0.3) is 0 Å². The van der Waals surface area contributed by atoms with Crippen LogP contribution in [-0.4, -0.2) is 43.0 Å². The highest BCUT2D eigenvalue weighted by molar-refractivity contribution is 7.89. The lowest BCUT2D eigenvalue weighted by Crippen LogP contribution is -2.50. The Morgan fingerprint density at radius 2 is 2.00 bits per heavy atom. The highest BCUT2D eigenvalue weighted by Gasteiger charge is 2.32. The summed E-state index contributed by atoms with van der Waals surface area (Å²) in [6.07, 6.45) is 2.13. The van der Waals surface area contributed by atoms with Gasteiger partial charge in [0, 0.05) is 18.6 Å². The van der Waals surface area contributed by atoms with Crippen molar-refractivity contribution in [3.05, 3.63) is 0 Å². The van der Waals surface area contributed by atoms with Crippen LogP contribution < -0.4 is 5.32 Å². The zero-order valence-electron chi connectivity index (χ0n) is 12.4. The molecule has 0 radical (unpaired) electrons. The molecule has 0 aromatic carbocycles. The largest absolute Gasteiger partial charge is 0.351 e. The van der Waals surface area contributed by atoms with Crippen LogP contribution in [0.15, 0.2) is 0 Å². The molecule has 0 saturated carbocycles. The summed E-state index contributed by atoms with van der Waals surface area (Å²) >= 11 is 0. The lowest BCUT2D eigenvalue weighted by atomic mass is 9.97. The van der Waals surface area contributed by atoms with E-state index in [1.54, 1.807) is 0 Å². The smallest absolute Gasteiger partial charge is 0.224 e. The lowest BCUT2D eigenvalue weighted by molar-refractivity contribution is -0.127. The van der Waals surface area contributed by atoms with Crippen LogP contribution >= 0.6 is 0 Å². The molecule has 112 valence electrons. The Balaban J connectivity index is 2.67. The third kappa shape index (κ3) is 5.10. The quantitative estimate of drug-likeness (QED) is 0.850. The maximum atomic E-state index is 12.1. The van der Waals surface area contributed by atoms with Crippen molar-refractivity contribution >= 4 is 15.9 Å². The van der Waals surface area contributed by atoms with Crippen molar-refractivity contribution in [1.82, 2.24) is 9.62 Å². The number of hydrogen-bond donors (Lipinski definition) is 1. The maximum Gasteiger partial charge on any atom is 0.224 e. The van der Waals surface area contributed by atoms with Gasteiger partial charge in [-0.3, -0.25) is 4.79 Å². The van der Waals surface area contributed by atoms with E-state index in [-0.39, 0.29) is 23.1 Å².